The summed E-state index contributed by atoms with van der Waals surface area (Å²) >= 11 is 1.12. The molecular formula is C13H15N3OS. The van der Waals surface area contributed by atoms with Crippen LogP contribution in [0.4, 0.5) is 5.69 Å². The standard InChI is InChI=1S/C13H15N3OS/c1-10-13(4-3-9-15-10)11-5-7-12(8-6-11)16(17)18-14-2/h3-9,14,17H,1-2H3. The number of aromatic nitrogens is 1. The second-order valence-electron chi connectivity index (χ2n) is 3.75. The number of rotatable bonds is 4. The molecule has 2 aromatic rings. The van der Waals surface area contributed by atoms with E-state index in [1.54, 1.807) is 13.2 Å². The third-order valence-electron chi connectivity index (χ3n) is 2.58. The van der Waals surface area contributed by atoms with Gasteiger partial charge in [0.05, 0.1) is 17.8 Å². The van der Waals surface area contributed by atoms with Crippen molar-refractivity contribution in [3.63, 3.8) is 0 Å². The van der Waals surface area contributed by atoms with Crippen LogP contribution in [-0.4, -0.2) is 17.2 Å². The highest BCUT2D eigenvalue weighted by Gasteiger charge is 2.05. The van der Waals surface area contributed by atoms with Gasteiger partial charge in [-0.2, -0.15) is 4.47 Å². The maximum atomic E-state index is 9.66. The van der Waals surface area contributed by atoms with Crippen LogP contribution in [0.15, 0.2) is 42.6 Å². The number of pyridine rings is 1. The summed E-state index contributed by atoms with van der Waals surface area (Å²) in [6.07, 6.45) is 1.78. The summed E-state index contributed by atoms with van der Waals surface area (Å²) in [6, 6.07) is 11.6. The SMILES string of the molecule is CNSN(O)c1ccc(-c2cccnc2C)cc1. The molecule has 94 valence electrons. The third-order valence-corrected chi connectivity index (χ3v) is 3.15. The predicted molar refractivity (Wildman–Crippen MR) is 75.3 cm³/mol. The number of hydrogen-bond acceptors (Lipinski definition) is 5. The Kier molecular flexibility index (Phi) is 4.19. The maximum Gasteiger partial charge on any atom is 0.0779 e. The van der Waals surface area contributed by atoms with Crippen LogP contribution in [-0.2, 0) is 0 Å². The van der Waals surface area contributed by atoms with E-state index in [9.17, 15) is 5.21 Å². The van der Waals surface area contributed by atoms with Crippen molar-refractivity contribution in [2.24, 2.45) is 0 Å². The van der Waals surface area contributed by atoms with Crippen LogP contribution in [0.5, 0.6) is 0 Å². The monoisotopic (exact) mass is 261 g/mol. The summed E-state index contributed by atoms with van der Waals surface area (Å²) < 4.78 is 3.89. The Labute approximate surface area is 111 Å². The van der Waals surface area contributed by atoms with Gasteiger partial charge in [-0.3, -0.25) is 10.2 Å². The second-order valence-corrected chi connectivity index (χ2v) is 4.69. The van der Waals surface area contributed by atoms with Crippen molar-refractivity contribution in [3.05, 3.63) is 48.3 Å². The zero-order chi connectivity index (χ0) is 13.0. The van der Waals surface area contributed by atoms with Gasteiger partial charge in [-0.05, 0) is 37.7 Å². The average Bonchev–Trinajstić information content (AvgIpc) is 2.40. The summed E-state index contributed by atoms with van der Waals surface area (Å²) in [6.45, 7) is 1.98. The first-order valence-electron chi connectivity index (χ1n) is 5.57. The number of hydrogen-bond donors (Lipinski definition) is 2. The normalized spacial score (nSPS) is 10.4. The highest BCUT2D eigenvalue weighted by molar-refractivity contribution is 7.98. The molecule has 1 aromatic heterocycles. The Morgan fingerprint density at radius 1 is 1.22 bits per heavy atom. The van der Waals surface area contributed by atoms with Crippen LogP contribution < -0.4 is 9.19 Å². The van der Waals surface area contributed by atoms with E-state index in [0.29, 0.717) is 0 Å². The first-order chi connectivity index (χ1) is 8.72. The van der Waals surface area contributed by atoms with Gasteiger partial charge >= 0.3 is 0 Å². The Morgan fingerprint density at radius 2 is 1.94 bits per heavy atom. The fraction of sp³-hybridized carbons (Fsp3) is 0.154. The van der Waals surface area contributed by atoms with E-state index in [1.165, 1.54) is 0 Å². The lowest BCUT2D eigenvalue weighted by atomic mass is 10.0. The van der Waals surface area contributed by atoms with E-state index in [0.717, 1.165) is 39.1 Å². The van der Waals surface area contributed by atoms with Crippen molar-refractivity contribution >= 4 is 17.8 Å². The fourth-order valence-corrected chi connectivity index (χ4v) is 2.10. The van der Waals surface area contributed by atoms with Crippen LogP contribution >= 0.6 is 12.1 Å². The first kappa shape index (κ1) is 12.9. The minimum Gasteiger partial charge on any atom is -0.276 e. The molecule has 0 spiro atoms. The molecule has 0 amide bonds. The summed E-state index contributed by atoms with van der Waals surface area (Å²) in [5.41, 5.74) is 3.91. The van der Waals surface area contributed by atoms with Gasteiger partial charge in [-0.15, -0.1) is 0 Å². The Hall–Kier alpha value is -1.56. The Bertz CT molecular complexity index is 516. The van der Waals surface area contributed by atoms with Crippen molar-refractivity contribution < 1.29 is 5.21 Å². The molecule has 4 nitrogen and oxygen atoms in total. The maximum absolute atomic E-state index is 9.66. The number of nitrogens with one attached hydrogen (secondary N) is 1. The van der Waals surface area contributed by atoms with Crippen molar-refractivity contribution in [3.8, 4) is 11.1 Å². The molecule has 0 atom stereocenters. The van der Waals surface area contributed by atoms with Crippen LogP contribution in [0.2, 0.25) is 0 Å². The Morgan fingerprint density at radius 3 is 2.56 bits per heavy atom. The molecule has 2 rings (SSSR count). The molecule has 2 N–H and O–H groups in total. The second kappa shape index (κ2) is 5.86. The fourth-order valence-electron chi connectivity index (χ4n) is 1.70. The van der Waals surface area contributed by atoms with Crippen molar-refractivity contribution in [2.75, 3.05) is 11.5 Å². The summed E-state index contributed by atoms with van der Waals surface area (Å²) in [5.74, 6) is 0. The molecule has 0 radical (unpaired) electrons. The lowest BCUT2D eigenvalue weighted by Crippen LogP contribution is -2.13. The number of nitrogens with zero attached hydrogens (tertiary/aromatic N) is 2. The van der Waals surface area contributed by atoms with Crippen LogP contribution in [0.3, 0.4) is 0 Å². The van der Waals surface area contributed by atoms with Gasteiger partial charge in [0.25, 0.3) is 0 Å². The van der Waals surface area contributed by atoms with Crippen LogP contribution in [0.1, 0.15) is 5.69 Å². The van der Waals surface area contributed by atoms with Crippen molar-refractivity contribution in [1.82, 2.24) is 9.71 Å². The van der Waals surface area contributed by atoms with Crippen molar-refractivity contribution in [1.29, 1.82) is 0 Å². The molecule has 0 aliphatic carbocycles. The van der Waals surface area contributed by atoms with E-state index in [4.69, 9.17) is 0 Å². The van der Waals surface area contributed by atoms with E-state index in [2.05, 4.69) is 9.71 Å². The van der Waals surface area contributed by atoms with Gasteiger partial charge in [-0.25, -0.2) is 4.72 Å². The third kappa shape index (κ3) is 2.81. The highest BCUT2D eigenvalue weighted by atomic mass is 32.2. The lowest BCUT2D eigenvalue weighted by molar-refractivity contribution is 0.331. The first-order valence-corrected chi connectivity index (χ1v) is 6.34. The lowest BCUT2D eigenvalue weighted by Gasteiger charge is -2.14. The zero-order valence-corrected chi connectivity index (χ0v) is 11.1. The highest BCUT2D eigenvalue weighted by Crippen LogP contribution is 2.25. The van der Waals surface area contributed by atoms with E-state index in [-0.39, 0.29) is 0 Å². The van der Waals surface area contributed by atoms with Gasteiger partial charge in [0.1, 0.15) is 0 Å². The molecule has 0 aliphatic rings. The number of benzene rings is 1. The molecule has 5 heteroatoms. The van der Waals surface area contributed by atoms with E-state index >= 15 is 0 Å². The average molecular weight is 261 g/mol. The number of aryl methyl sites for hydroxylation is 1. The number of anilines is 1. The van der Waals surface area contributed by atoms with Crippen LogP contribution in [0, 0.1) is 6.92 Å². The smallest absolute Gasteiger partial charge is 0.0779 e. The topological polar surface area (TPSA) is 48.4 Å². The summed E-state index contributed by atoms with van der Waals surface area (Å²) in [5, 5.41) is 9.66. The molecule has 0 unspecified atom stereocenters. The largest absolute Gasteiger partial charge is 0.276 e. The minimum absolute atomic E-state index is 0.722. The Balaban J connectivity index is 2.25. The van der Waals surface area contributed by atoms with Crippen LogP contribution in [0.25, 0.3) is 11.1 Å². The van der Waals surface area contributed by atoms with Gasteiger partial charge in [0.15, 0.2) is 0 Å². The predicted octanol–water partition coefficient (Wildman–Crippen LogP) is 3.04. The summed E-state index contributed by atoms with van der Waals surface area (Å²) in [7, 11) is 1.75. The molecule has 0 bridgehead atoms. The van der Waals surface area contributed by atoms with Gasteiger partial charge < -0.3 is 0 Å². The van der Waals surface area contributed by atoms with Crippen molar-refractivity contribution in [2.45, 2.75) is 6.92 Å². The van der Waals surface area contributed by atoms with E-state index < -0.39 is 0 Å². The molecule has 18 heavy (non-hydrogen) atoms. The molecule has 1 heterocycles. The van der Waals surface area contributed by atoms with Gasteiger partial charge in [-0.1, -0.05) is 18.2 Å². The molecule has 0 aliphatic heterocycles. The molecule has 0 saturated heterocycles. The zero-order valence-electron chi connectivity index (χ0n) is 10.3. The molecule has 0 saturated carbocycles. The molecule has 0 fully saturated rings. The van der Waals surface area contributed by atoms with Gasteiger partial charge in [0.2, 0.25) is 0 Å². The summed E-state index contributed by atoms with van der Waals surface area (Å²) in [4.78, 5) is 4.27. The molecule has 1 aromatic carbocycles. The van der Waals surface area contributed by atoms with Gasteiger partial charge in [0, 0.05) is 17.5 Å². The van der Waals surface area contributed by atoms with E-state index in [1.807, 2.05) is 43.3 Å². The molecular weight excluding hydrogens is 246 g/mol. The minimum atomic E-state index is 0.722. The quantitative estimate of drug-likeness (QED) is 0.654.